The van der Waals surface area contributed by atoms with Crippen molar-refractivity contribution in [3.63, 3.8) is 0 Å². The van der Waals surface area contributed by atoms with Crippen molar-refractivity contribution < 1.29 is 13.6 Å². The lowest BCUT2D eigenvalue weighted by Crippen LogP contribution is -2.32. The smallest absolute Gasteiger partial charge is 0.331 e. The number of benzene rings is 2. The predicted octanol–water partition coefficient (Wildman–Crippen LogP) is 3.12. The summed E-state index contributed by atoms with van der Waals surface area (Å²) < 4.78 is 29.9. The highest BCUT2D eigenvalue weighted by Crippen LogP contribution is 2.21. The minimum atomic E-state index is -0.679. The van der Waals surface area contributed by atoms with Gasteiger partial charge in [0.2, 0.25) is 0 Å². The first-order chi connectivity index (χ1) is 13.4. The minimum Gasteiger partial charge on any atom is -0.331 e. The lowest BCUT2D eigenvalue weighted by molar-refractivity contribution is 0.248. The Morgan fingerprint density at radius 1 is 1.18 bits per heavy atom. The SMILES string of the molecule is CC[C@@H](NC(=O)Nc1ccc(-n2ncn(C)c2=O)cc1)c1cc(F)ccc1F. The van der Waals surface area contributed by atoms with Gasteiger partial charge in [-0.05, 0) is 48.9 Å². The Kier molecular flexibility index (Phi) is 5.53. The van der Waals surface area contributed by atoms with Crippen molar-refractivity contribution in [2.75, 3.05) is 5.32 Å². The summed E-state index contributed by atoms with van der Waals surface area (Å²) >= 11 is 0. The molecule has 9 heteroatoms. The molecule has 7 nitrogen and oxygen atoms in total. The van der Waals surface area contributed by atoms with Gasteiger partial charge in [0.15, 0.2) is 0 Å². The second-order valence-corrected chi connectivity index (χ2v) is 6.21. The van der Waals surface area contributed by atoms with E-state index < -0.39 is 23.7 Å². The maximum Gasteiger partial charge on any atom is 0.350 e. The molecule has 2 N–H and O–H groups in total. The number of urea groups is 1. The monoisotopic (exact) mass is 387 g/mol. The van der Waals surface area contributed by atoms with E-state index in [0.717, 1.165) is 18.2 Å². The minimum absolute atomic E-state index is 0.0857. The molecule has 1 heterocycles. The number of hydrogen-bond donors (Lipinski definition) is 2. The largest absolute Gasteiger partial charge is 0.350 e. The fourth-order valence-electron chi connectivity index (χ4n) is 2.75. The van der Waals surface area contributed by atoms with Gasteiger partial charge in [-0.15, -0.1) is 0 Å². The highest BCUT2D eigenvalue weighted by Gasteiger charge is 2.17. The lowest BCUT2D eigenvalue weighted by atomic mass is 10.0. The summed E-state index contributed by atoms with van der Waals surface area (Å²) in [5, 5.41) is 9.24. The van der Waals surface area contributed by atoms with Crippen molar-refractivity contribution in [2.45, 2.75) is 19.4 Å². The molecule has 2 aromatic carbocycles. The summed E-state index contributed by atoms with van der Waals surface area (Å²) in [6.07, 6.45) is 1.79. The number of anilines is 1. The van der Waals surface area contributed by atoms with Crippen LogP contribution in [0.5, 0.6) is 0 Å². The number of halogens is 2. The number of rotatable bonds is 5. The topological polar surface area (TPSA) is 81.0 Å². The average Bonchev–Trinajstić information content (AvgIpc) is 3.01. The zero-order valence-corrected chi connectivity index (χ0v) is 15.3. The second-order valence-electron chi connectivity index (χ2n) is 6.21. The van der Waals surface area contributed by atoms with Gasteiger partial charge < -0.3 is 10.6 Å². The number of amides is 2. The van der Waals surface area contributed by atoms with Gasteiger partial charge in [0, 0.05) is 18.3 Å². The molecule has 146 valence electrons. The van der Waals surface area contributed by atoms with Gasteiger partial charge in [-0.1, -0.05) is 6.92 Å². The van der Waals surface area contributed by atoms with Crippen LogP contribution in [0.3, 0.4) is 0 Å². The standard InChI is InChI=1S/C19H19F2N5O2/c1-3-17(15-10-12(20)4-9-16(15)21)24-18(27)23-13-5-7-14(8-6-13)26-19(28)25(2)11-22-26/h4-11,17H,3H2,1-2H3,(H2,23,24,27)/t17-/m1/s1. The van der Waals surface area contributed by atoms with E-state index in [0.29, 0.717) is 17.8 Å². The number of aromatic nitrogens is 3. The predicted molar refractivity (Wildman–Crippen MR) is 100 cm³/mol. The first-order valence-corrected chi connectivity index (χ1v) is 8.62. The number of nitrogens with one attached hydrogen (secondary N) is 2. The molecule has 3 aromatic rings. The van der Waals surface area contributed by atoms with Gasteiger partial charge >= 0.3 is 11.7 Å². The van der Waals surface area contributed by atoms with E-state index in [1.165, 1.54) is 15.6 Å². The molecule has 2 amide bonds. The molecular weight excluding hydrogens is 368 g/mol. The first kappa shape index (κ1) is 19.3. The molecule has 0 aliphatic rings. The van der Waals surface area contributed by atoms with E-state index in [9.17, 15) is 18.4 Å². The third kappa shape index (κ3) is 4.08. The number of nitrogens with zero attached hydrogens (tertiary/aromatic N) is 3. The summed E-state index contributed by atoms with van der Waals surface area (Å²) in [5.74, 6) is -1.16. The van der Waals surface area contributed by atoms with E-state index in [2.05, 4.69) is 15.7 Å². The average molecular weight is 387 g/mol. The molecule has 0 spiro atoms. The molecule has 0 fully saturated rings. The Bertz CT molecular complexity index is 1040. The summed E-state index contributed by atoms with van der Waals surface area (Å²) in [4.78, 5) is 24.2. The molecule has 1 aromatic heterocycles. The van der Waals surface area contributed by atoms with E-state index in [1.807, 2.05) is 0 Å². The van der Waals surface area contributed by atoms with Crippen molar-refractivity contribution in [1.29, 1.82) is 0 Å². The Balaban J connectivity index is 1.69. The molecule has 0 unspecified atom stereocenters. The van der Waals surface area contributed by atoms with Gasteiger partial charge in [0.05, 0.1) is 11.7 Å². The van der Waals surface area contributed by atoms with Crippen LogP contribution in [0.1, 0.15) is 24.9 Å². The van der Waals surface area contributed by atoms with E-state index in [-0.39, 0.29) is 11.3 Å². The molecule has 0 saturated carbocycles. The lowest BCUT2D eigenvalue weighted by Gasteiger charge is -2.18. The molecule has 0 bridgehead atoms. The molecule has 0 saturated heterocycles. The molecular formula is C19H19F2N5O2. The number of hydrogen-bond acceptors (Lipinski definition) is 3. The summed E-state index contributed by atoms with van der Waals surface area (Å²) in [6, 6.07) is 8.38. The Labute approximate surface area is 159 Å². The molecule has 28 heavy (non-hydrogen) atoms. The van der Waals surface area contributed by atoms with Crippen LogP contribution in [0.25, 0.3) is 5.69 Å². The zero-order valence-electron chi connectivity index (χ0n) is 15.3. The number of aryl methyl sites for hydroxylation is 1. The summed E-state index contributed by atoms with van der Waals surface area (Å²) in [6.45, 7) is 1.76. The normalized spacial score (nSPS) is 11.9. The van der Waals surface area contributed by atoms with Gasteiger partial charge in [0.25, 0.3) is 0 Å². The van der Waals surface area contributed by atoms with Gasteiger partial charge in [-0.2, -0.15) is 9.78 Å². The first-order valence-electron chi connectivity index (χ1n) is 8.62. The van der Waals surface area contributed by atoms with Gasteiger partial charge in [0.1, 0.15) is 18.0 Å². The quantitative estimate of drug-likeness (QED) is 0.706. The molecule has 0 radical (unpaired) electrons. The van der Waals surface area contributed by atoms with E-state index in [4.69, 9.17) is 0 Å². The van der Waals surface area contributed by atoms with Crippen molar-refractivity contribution in [2.24, 2.45) is 7.05 Å². The second kappa shape index (κ2) is 8.03. The van der Waals surface area contributed by atoms with E-state index >= 15 is 0 Å². The van der Waals surface area contributed by atoms with Gasteiger partial charge in [-0.25, -0.2) is 18.4 Å². The van der Waals surface area contributed by atoms with Gasteiger partial charge in [-0.3, -0.25) is 4.57 Å². The van der Waals surface area contributed by atoms with Crippen LogP contribution in [0.2, 0.25) is 0 Å². The van der Waals surface area contributed by atoms with Crippen LogP contribution in [-0.2, 0) is 7.05 Å². The third-order valence-electron chi connectivity index (χ3n) is 4.24. The zero-order chi connectivity index (χ0) is 20.3. The highest BCUT2D eigenvalue weighted by molar-refractivity contribution is 5.89. The summed E-state index contributed by atoms with van der Waals surface area (Å²) in [7, 11) is 1.59. The van der Waals surface area contributed by atoms with Crippen LogP contribution in [0.4, 0.5) is 19.3 Å². The number of carbonyl (C=O) groups is 1. The molecule has 0 aliphatic carbocycles. The summed E-state index contributed by atoms with van der Waals surface area (Å²) in [5.41, 5.74) is 0.813. The fourth-order valence-corrected chi connectivity index (χ4v) is 2.75. The van der Waals surface area contributed by atoms with Crippen LogP contribution < -0.4 is 16.3 Å². The fraction of sp³-hybridized carbons (Fsp3) is 0.211. The van der Waals surface area contributed by atoms with Crippen molar-refractivity contribution in [1.82, 2.24) is 19.7 Å². The molecule has 1 atom stereocenters. The Morgan fingerprint density at radius 3 is 2.50 bits per heavy atom. The van der Waals surface area contributed by atoms with E-state index in [1.54, 1.807) is 38.2 Å². The third-order valence-corrected chi connectivity index (χ3v) is 4.24. The highest BCUT2D eigenvalue weighted by atomic mass is 19.1. The van der Waals surface area contributed by atoms with Crippen LogP contribution >= 0.6 is 0 Å². The van der Waals surface area contributed by atoms with Crippen molar-refractivity contribution in [3.8, 4) is 5.69 Å². The van der Waals surface area contributed by atoms with Crippen LogP contribution in [0.15, 0.2) is 53.6 Å². The number of carbonyl (C=O) groups excluding carboxylic acids is 1. The van der Waals surface area contributed by atoms with Crippen LogP contribution in [-0.4, -0.2) is 20.4 Å². The van der Waals surface area contributed by atoms with Crippen molar-refractivity contribution in [3.05, 3.63) is 76.5 Å². The molecule has 3 rings (SSSR count). The Hall–Kier alpha value is -3.49. The molecule has 0 aliphatic heterocycles. The van der Waals surface area contributed by atoms with Crippen molar-refractivity contribution >= 4 is 11.7 Å². The maximum atomic E-state index is 14.0. The van der Waals surface area contributed by atoms with Crippen LogP contribution in [0, 0.1) is 11.6 Å². The Morgan fingerprint density at radius 2 is 1.89 bits per heavy atom. The maximum absolute atomic E-state index is 14.0.